The summed E-state index contributed by atoms with van der Waals surface area (Å²) in [4.78, 5) is 11.0. The molecule has 0 saturated carbocycles. The zero-order valence-corrected chi connectivity index (χ0v) is 29.7. The van der Waals surface area contributed by atoms with Gasteiger partial charge in [-0.15, -0.1) is 0 Å². The number of benzene rings is 6. The Balaban J connectivity index is 0.000000206. The second kappa shape index (κ2) is 18.8. The first-order valence-electron chi connectivity index (χ1n) is 17.1. The molecule has 6 aromatic carbocycles. The largest absolute Gasteiger partial charge is 0.508 e. The van der Waals surface area contributed by atoms with Crippen LogP contribution in [0.25, 0.3) is 0 Å². The van der Waals surface area contributed by atoms with Gasteiger partial charge >= 0.3 is 5.97 Å². The molecule has 0 saturated heterocycles. The van der Waals surface area contributed by atoms with Crippen LogP contribution in [0.15, 0.2) is 133 Å². The van der Waals surface area contributed by atoms with E-state index in [9.17, 15) is 18.7 Å². The molecule has 0 fully saturated rings. The second-order valence-corrected chi connectivity index (χ2v) is 11.8. The molecule has 0 radical (unpaired) electrons. The highest BCUT2D eigenvalue weighted by atomic mass is 19.1. The van der Waals surface area contributed by atoms with Crippen LogP contribution in [-0.4, -0.2) is 11.1 Å². The lowest BCUT2D eigenvalue weighted by molar-refractivity contribution is -0.131. The lowest BCUT2D eigenvalue weighted by atomic mass is 10.1. The van der Waals surface area contributed by atoms with E-state index in [1.54, 1.807) is 12.1 Å². The fourth-order valence-corrected chi connectivity index (χ4v) is 5.01. The van der Waals surface area contributed by atoms with Gasteiger partial charge in [0.15, 0.2) is 46.1 Å². The van der Waals surface area contributed by atoms with E-state index in [0.29, 0.717) is 36.2 Å². The van der Waals surface area contributed by atoms with Gasteiger partial charge in [0, 0.05) is 19.1 Å². The Kier molecular flexibility index (Phi) is 13.4. The molecule has 0 aliphatic carbocycles. The number of ether oxygens (including phenoxy) is 5. The Labute approximate surface area is 307 Å². The average Bonchev–Trinajstić information content (AvgIpc) is 3.17. The van der Waals surface area contributed by atoms with E-state index in [4.69, 9.17) is 23.7 Å². The van der Waals surface area contributed by atoms with Gasteiger partial charge in [0.2, 0.25) is 0 Å². The van der Waals surface area contributed by atoms with Gasteiger partial charge < -0.3 is 28.8 Å². The van der Waals surface area contributed by atoms with E-state index in [1.807, 2.05) is 91.9 Å². The molecule has 53 heavy (non-hydrogen) atoms. The summed E-state index contributed by atoms with van der Waals surface area (Å²) in [5, 5.41) is 9.32. The Hall–Kier alpha value is -6.35. The van der Waals surface area contributed by atoms with Crippen LogP contribution in [0, 0.1) is 11.6 Å². The van der Waals surface area contributed by atoms with Gasteiger partial charge in [-0.25, -0.2) is 8.78 Å². The highest BCUT2D eigenvalue weighted by molar-refractivity contribution is 5.69. The van der Waals surface area contributed by atoms with Crippen LogP contribution < -0.4 is 23.7 Å². The minimum absolute atomic E-state index is 0.0183. The number of carbonyl (C=O) groups excluding carboxylic acids is 1. The van der Waals surface area contributed by atoms with E-state index in [-0.39, 0.29) is 23.0 Å². The Bertz CT molecular complexity index is 2100. The van der Waals surface area contributed by atoms with Gasteiger partial charge in [-0.1, -0.05) is 86.6 Å². The van der Waals surface area contributed by atoms with Gasteiger partial charge in [-0.3, -0.25) is 4.79 Å². The summed E-state index contributed by atoms with van der Waals surface area (Å²) in [5.74, 6) is 0.176. The van der Waals surface area contributed by atoms with Crippen molar-refractivity contribution in [3.8, 4) is 46.0 Å². The molecule has 0 atom stereocenters. The maximum atomic E-state index is 14.4. The number of aryl methyl sites for hydroxylation is 2. The fraction of sp³-hybridized carbons (Fsp3) is 0.159. The van der Waals surface area contributed by atoms with Crippen LogP contribution in [0.1, 0.15) is 43.0 Å². The summed E-state index contributed by atoms with van der Waals surface area (Å²) in [6.07, 6.45) is 1.70. The zero-order chi connectivity index (χ0) is 37.6. The normalized spacial score (nSPS) is 10.4. The molecule has 272 valence electrons. The van der Waals surface area contributed by atoms with Crippen LogP contribution in [0.4, 0.5) is 8.78 Å². The average molecular weight is 719 g/mol. The molecule has 7 nitrogen and oxygen atoms in total. The van der Waals surface area contributed by atoms with E-state index in [0.717, 1.165) is 47.2 Å². The molecule has 6 rings (SSSR count). The third-order valence-electron chi connectivity index (χ3n) is 7.83. The molecule has 0 aliphatic heterocycles. The number of phenolic OH excluding ortho intramolecular Hbond substituents is 1. The first-order valence-corrected chi connectivity index (χ1v) is 17.1. The van der Waals surface area contributed by atoms with Crippen molar-refractivity contribution < 1.29 is 42.4 Å². The Morgan fingerprint density at radius 1 is 0.528 bits per heavy atom. The molecule has 1 N–H and O–H groups in total. The molecule has 0 aromatic heterocycles. The summed E-state index contributed by atoms with van der Waals surface area (Å²) in [6, 6.07) is 38.5. The quantitative estimate of drug-likeness (QED) is 0.0940. The molecule has 0 heterocycles. The number of hydrogen-bond donors (Lipinski definition) is 1. The predicted molar refractivity (Wildman–Crippen MR) is 199 cm³/mol. The lowest BCUT2D eigenvalue weighted by Crippen LogP contribution is -2.02. The first-order chi connectivity index (χ1) is 25.7. The smallest absolute Gasteiger partial charge is 0.308 e. The summed E-state index contributed by atoms with van der Waals surface area (Å²) < 4.78 is 56.4. The minimum atomic E-state index is -0.632. The van der Waals surface area contributed by atoms with Crippen molar-refractivity contribution in [3.05, 3.63) is 167 Å². The summed E-state index contributed by atoms with van der Waals surface area (Å²) in [5.41, 5.74) is 4.24. The molecule has 0 spiro atoms. The number of halogens is 2. The number of carbonyl (C=O) groups is 1. The van der Waals surface area contributed by atoms with Crippen LogP contribution in [0.5, 0.6) is 46.0 Å². The highest BCUT2D eigenvalue weighted by Crippen LogP contribution is 2.37. The van der Waals surface area contributed by atoms with E-state index in [1.165, 1.54) is 31.2 Å². The summed E-state index contributed by atoms with van der Waals surface area (Å²) in [6.45, 7) is 6.12. The van der Waals surface area contributed by atoms with Gasteiger partial charge in [0.1, 0.15) is 24.7 Å². The van der Waals surface area contributed by atoms with Crippen LogP contribution in [0.2, 0.25) is 0 Å². The van der Waals surface area contributed by atoms with Crippen molar-refractivity contribution in [1.29, 1.82) is 0 Å². The molecular weight excluding hydrogens is 678 g/mol. The van der Waals surface area contributed by atoms with E-state index < -0.39 is 17.6 Å². The maximum Gasteiger partial charge on any atom is 0.308 e. The van der Waals surface area contributed by atoms with Crippen molar-refractivity contribution in [3.63, 3.8) is 0 Å². The minimum Gasteiger partial charge on any atom is -0.508 e. The summed E-state index contributed by atoms with van der Waals surface area (Å²) >= 11 is 0. The molecular formula is C44H40F2O7. The predicted octanol–water partition coefficient (Wildman–Crippen LogP) is 11.1. The third kappa shape index (κ3) is 11.3. The Morgan fingerprint density at radius 3 is 1.42 bits per heavy atom. The Morgan fingerprint density at radius 2 is 0.981 bits per heavy atom. The van der Waals surface area contributed by atoms with Gasteiger partial charge in [0.05, 0.1) is 0 Å². The van der Waals surface area contributed by atoms with Crippen molar-refractivity contribution in [1.82, 2.24) is 0 Å². The van der Waals surface area contributed by atoms with Crippen molar-refractivity contribution in [2.75, 3.05) is 0 Å². The van der Waals surface area contributed by atoms with E-state index in [2.05, 4.69) is 6.92 Å². The number of phenols is 1. The molecule has 0 unspecified atom stereocenters. The number of aromatic hydroxyl groups is 1. The van der Waals surface area contributed by atoms with Crippen LogP contribution >= 0.6 is 0 Å². The molecule has 0 bridgehead atoms. The molecule has 6 aromatic rings. The monoisotopic (exact) mass is 718 g/mol. The molecule has 9 heteroatoms. The maximum absolute atomic E-state index is 14.4. The number of esters is 1. The second-order valence-electron chi connectivity index (χ2n) is 11.8. The zero-order valence-electron chi connectivity index (χ0n) is 29.7. The van der Waals surface area contributed by atoms with Gasteiger partial charge in [0.25, 0.3) is 0 Å². The molecule has 0 amide bonds. The third-order valence-corrected chi connectivity index (χ3v) is 7.83. The fourth-order valence-electron chi connectivity index (χ4n) is 5.01. The summed E-state index contributed by atoms with van der Waals surface area (Å²) in [7, 11) is 0. The van der Waals surface area contributed by atoms with Crippen molar-refractivity contribution in [2.45, 2.75) is 46.8 Å². The standard InChI is InChI=1S/C23H21FO4.C21H19FO3/c1-3-17-9-11-22(23(13-17)26-15-18-7-5-4-6-8-18)28-21-12-10-19(14-20(21)24)27-16(2)25;1-2-15-8-10-20(25-19-11-9-17(23)13-18(19)22)21(12-15)24-14-16-6-4-3-5-7-16/h4-14H,3,15H2,1-2H3;3-13,23H,2,14H2,1H3. The number of hydrogen-bond acceptors (Lipinski definition) is 7. The van der Waals surface area contributed by atoms with Gasteiger partial charge in [-0.05, 0) is 83.6 Å². The topological polar surface area (TPSA) is 83.5 Å². The highest BCUT2D eigenvalue weighted by Gasteiger charge is 2.14. The van der Waals surface area contributed by atoms with Crippen LogP contribution in [-0.2, 0) is 30.8 Å². The number of rotatable bonds is 13. The lowest BCUT2D eigenvalue weighted by Gasteiger charge is -2.14. The van der Waals surface area contributed by atoms with Gasteiger partial charge in [-0.2, -0.15) is 0 Å². The van der Waals surface area contributed by atoms with Crippen molar-refractivity contribution >= 4 is 5.97 Å². The van der Waals surface area contributed by atoms with Crippen molar-refractivity contribution in [2.24, 2.45) is 0 Å². The van der Waals surface area contributed by atoms with E-state index >= 15 is 0 Å². The van der Waals surface area contributed by atoms with Crippen LogP contribution in [0.3, 0.4) is 0 Å². The first kappa shape index (κ1) is 37.9. The molecule has 0 aliphatic rings. The SMILES string of the molecule is CCc1ccc(Oc2ccc(O)cc2F)c(OCc2ccccc2)c1.CCc1ccc(Oc2ccc(OC(C)=O)cc2F)c(OCc2ccccc2)c1.